The molecule has 0 radical (unpaired) electrons. The SMILES string of the molecule is Cc1cccc(C(=O)NC2(/C(N)=N/O)CCCC2)c1C. The molecule has 2 rings (SSSR count). The van der Waals surface area contributed by atoms with Gasteiger partial charge in [0.05, 0.1) is 0 Å². The van der Waals surface area contributed by atoms with Crippen molar-refractivity contribution in [2.75, 3.05) is 0 Å². The fraction of sp³-hybridized carbons (Fsp3) is 0.467. The van der Waals surface area contributed by atoms with Crippen LogP contribution >= 0.6 is 0 Å². The summed E-state index contributed by atoms with van der Waals surface area (Å²) in [4.78, 5) is 12.5. The van der Waals surface area contributed by atoms with Crippen molar-refractivity contribution in [3.05, 3.63) is 34.9 Å². The van der Waals surface area contributed by atoms with Gasteiger partial charge >= 0.3 is 0 Å². The number of rotatable bonds is 3. The number of nitrogens with two attached hydrogens (primary N) is 1. The van der Waals surface area contributed by atoms with Gasteiger partial charge in [-0.1, -0.05) is 30.1 Å². The van der Waals surface area contributed by atoms with Crippen molar-refractivity contribution in [2.24, 2.45) is 10.9 Å². The van der Waals surface area contributed by atoms with Gasteiger partial charge in [-0.15, -0.1) is 0 Å². The van der Waals surface area contributed by atoms with Crippen molar-refractivity contribution < 1.29 is 10.0 Å². The smallest absolute Gasteiger partial charge is 0.252 e. The second kappa shape index (κ2) is 5.53. The lowest BCUT2D eigenvalue weighted by atomic mass is 9.94. The summed E-state index contributed by atoms with van der Waals surface area (Å²) in [5, 5.41) is 15.0. The van der Waals surface area contributed by atoms with E-state index in [-0.39, 0.29) is 11.7 Å². The van der Waals surface area contributed by atoms with Crippen molar-refractivity contribution in [1.29, 1.82) is 0 Å². The first-order valence-electron chi connectivity index (χ1n) is 6.87. The zero-order chi connectivity index (χ0) is 14.8. The Kier molecular flexibility index (Phi) is 3.97. The van der Waals surface area contributed by atoms with E-state index in [1.54, 1.807) is 6.07 Å². The lowest BCUT2D eigenvalue weighted by molar-refractivity contribution is 0.0922. The Balaban J connectivity index is 2.28. The molecular formula is C15H21N3O2. The Morgan fingerprint density at radius 3 is 2.60 bits per heavy atom. The number of benzene rings is 1. The number of amidine groups is 1. The summed E-state index contributed by atoms with van der Waals surface area (Å²) in [5.74, 6) is -0.0756. The minimum atomic E-state index is -0.706. The standard InChI is InChI=1S/C15H21N3O2/c1-10-6-5-7-12(11(10)2)13(19)17-15(14(16)18-20)8-3-4-9-15/h5-7,20H,3-4,8-9H2,1-2H3,(H2,16,18)(H,17,19). The average Bonchev–Trinajstić information content (AvgIpc) is 2.90. The Bertz CT molecular complexity index is 546. The molecule has 0 heterocycles. The minimum Gasteiger partial charge on any atom is -0.409 e. The molecule has 1 fully saturated rings. The topological polar surface area (TPSA) is 87.7 Å². The molecule has 0 unspecified atom stereocenters. The van der Waals surface area contributed by atoms with Crippen LogP contribution in [0.25, 0.3) is 0 Å². The van der Waals surface area contributed by atoms with E-state index in [0.29, 0.717) is 18.4 Å². The third-order valence-corrected chi connectivity index (χ3v) is 4.26. The summed E-state index contributed by atoms with van der Waals surface area (Å²) in [6, 6.07) is 5.63. The zero-order valence-corrected chi connectivity index (χ0v) is 11.9. The van der Waals surface area contributed by atoms with E-state index in [2.05, 4.69) is 10.5 Å². The molecule has 5 heteroatoms. The third-order valence-electron chi connectivity index (χ3n) is 4.26. The van der Waals surface area contributed by atoms with E-state index in [1.807, 2.05) is 26.0 Å². The fourth-order valence-electron chi connectivity index (χ4n) is 2.80. The summed E-state index contributed by atoms with van der Waals surface area (Å²) in [6.45, 7) is 3.90. The Morgan fingerprint density at radius 2 is 2.00 bits per heavy atom. The van der Waals surface area contributed by atoms with Gasteiger partial charge in [0.1, 0.15) is 5.54 Å². The van der Waals surface area contributed by atoms with E-state index in [1.165, 1.54) is 0 Å². The van der Waals surface area contributed by atoms with E-state index >= 15 is 0 Å². The Hall–Kier alpha value is -2.04. The van der Waals surface area contributed by atoms with Crippen LogP contribution in [-0.2, 0) is 0 Å². The van der Waals surface area contributed by atoms with Crippen LogP contribution in [0, 0.1) is 13.8 Å². The van der Waals surface area contributed by atoms with Crippen molar-refractivity contribution in [3.8, 4) is 0 Å². The van der Waals surface area contributed by atoms with Crippen LogP contribution in [0.4, 0.5) is 0 Å². The lowest BCUT2D eigenvalue weighted by Gasteiger charge is -2.29. The van der Waals surface area contributed by atoms with Crippen molar-refractivity contribution >= 4 is 11.7 Å². The van der Waals surface area contributed by atoms with E-state index in [9.17, 15) is 4.79 Å². The van der Waals surface area contributed by atoms with E-state index in [4.69, 9.17) is 10.9 Å². The molecule has 1 aromatic rings. The number of carbonyl (C=O) groups is 1. The molecule has 0 bridgehead atoms. The monoisotopic (exact) mass is 275 g/mol. The number of oxime groups is 1. The molecule has 1 saturated carbocycles. The summed E-state index contributed by atoms with van der Waals surface area (Å²) >= 11 is 0. The van der Waals surface area contributed by atoms with Crippen LogP contribution in [-0.4, -0.2) is 22.5 Å². The van der Waals surface area contributed by atoms with Crippen molar-refractivity contribution in [2.45, 2.75) is 45.1 Å². The van der Waals surface area contributed by atoms with Gasteiger partial charge in [-0.3, -0.25) is 4.79 Å². The Morgan fingerprint density at radius 1 is 1.35 bits per heavy atom. The number of aryl methyl sites for hydroxylation is 1. The molecule has 1 aromatic carbocycles. The number of carbonyl (C=O) groups excluding carboxylic acids is 1. The third kappa shape index (κ3) is 2.48. The van der Waals surface area contributed by atoms with Gasteiger partial charge in [-0.25, -0.2) is 0 Å². The first kappa shape index (κ1) is 14.4. The zero-order valence-electron chi connectivity index (χ0n) is 11.9. The second-order valence-electron chi connectivity index (χ2n) is 5.48. The molecule has 0 aromatic heterocycles. The first-order valence-corrected chi connectivity index (χ1v) is 6.87. The molecule has 4 N–H and O–H groups in total. The molecule has 0 saturated heterocycles. The second-order valence-corrected chi connectivity index (χ2v) is 5.48. The van der Waals surface area contributed by atoms with Crippen LogP contribution in [0.3, 0.4) is 0 Å². The van der Waals surface area contributed by atoms with Crippen molar-refractivity contribution in [1.82, 2.24) is 5.32 Å². The highest BCUT2D eigenvalue weighted by atomic mass is 16.4. The highest BCUT2D eigenvalue weighted by molar-refractivity contribution is 6.01. The van der Waals surface area contributed by atoms with Gasteiger partial charge < -0.3 is 16.3 Å². The van der Waals surface area contributed by atoms with Gasteiger partial charge in [-0.05, 0) is 43.9 Å². The van der Waals surface area contributed by atoms with Crippen molar-refractivity contribution in [3.63, 3.8) is 0 Å². The maximum absolute atomic E-state index is 12.5. The summed E-state index contributed by atoms with van der Waals surface area (Å²) in [5.41, 5.74) is 7.75. The molecule has 1 aliphatic carbocycles. The summed E-state index contributed by atoms with van der Waals surface area (Å²) in [7, 11) is 0. The first-order chi connectivity index (χ1) is 9.50. The maximum atomic E-state index is 12.5. The van der Waals surface area contributed by atoms with Crippen LogP contribution in [0.15, 0.2) is 23.4 Å². The van der Waals surface area contributed by atoms with Crippen LogP contribution in [0.5, 0.6) is 0 Å². The summed E-state index contributed by atoms with van der Waals surface area (Å²) < 4.78 is 0. The number of hydrogen-bond acceptors (Lipinski definition) is 3. The highest BCUT2D eigenvalue weighted by Crippen LogP contribution is 2.30. The molecule has 1 amide bonds. The van der Waals surface area contributed by atoms with Crippen LogP contribution in [0.1, 0.15) is 47.2 Å². The molecule has 0 atom stereocenters. The predicted molar refractivity (Wildman–Crippen MR) is 78.0 cm³/mol. The average molecular weight is 275 g/mol. The largest absolute Gasteiger partial charge is 0.409 e. The summed E-state index contributed by atoms with van der Waals surface area (Å²) in [6.07, 6.45) is 3.34. The minimum absolute atomic E-state index is 0.0913. The number of nitrogens with zero attached hydrogens (tertiary/aromatic N) is 1. The maximum Gasteiger partial charge on any atom is 0.252 e. The highest BCUT2D eigenvalue weighted by Gasteiger charge is 2.40. The fourth-order valence-corrected chi connectivity index (χ4v) is 2.80. The Labute approximate surface area is 118 Å². The van der Waals surface area contributed by atoms with Gasteiger partial charge in [0.2, 0.25) is 0 Å². The van der Waals surface area contributed by atoms with Gasteiger partial charge in [-0.2, -0.15) is 0 Å². The molecule has 108 valence electrons. The molecule has 0 spiro atoms. The quantitative estimate of drug-likeness (QED) is 0.341. The van der Waals surface area contributed by atoms with E-state index < -0.39 is 5.54 Å². The lowest BCUT2D eigenvalue weighted by Crippen LogP contribution is -2.55. The van der Waals surface area contributed by atoms with Crippen LogP contribution < -0.4 is 11.1 Å². The molecule has 5 nitrogen and oxygen atoms in total. The molecule has 1 aliphatic rings. The molecule has 20 heavy (non-hydrogen) atoms. The molecule has 0 aliphatic heterocycles. The predicted octanol–water partition coefficient (Wildman–Crippen LogP) is 2.09. The van der Waals surface area contributed by atoms with Crippen LogP contribution in [0.2, 0.25) is 0 Å². The van der Waals surface area contributed by atoms with Gasteiger partial charge in [0.25, 0.3) is 5.91 Å². The number of hydrogen-bond donors (Lipinski definition) is 3. The van der Waals surface area contributed by atoms with Gasteiger partial charge in [0, 0.05) is 5.56 Å². The van der Waals surface area contributed by atoms with E-state index in [0.717, 1.165) is 24.0 Å². The normalized spacial score (nSPS) is 18.0. The number of amides is 1. The van der Waals surface area contributed by atoms with Gasteiger partial charge in [0.15, 0.2) is 5.84 Å². The number of nitrogens with one attached hydrogen (secondary N) is 1. The molecular weight excluding hydrogens is 254 g/mol.